The smallest absolute Gasteiger partial charge is 0.282 e. The summed E-state index contributed by atoms with van der Waals surface area (Å²) >= 11 is 0. The minimum Gasteiger partial charge on any atom is -0.296 e. The Balaban J connectivity index is 2.09. The van der Waals surface area contributed by atoms with Crippen LogP contribution in [0.5, 0.6) is 0 Å². The number of hydrogen-bond acceptors (Lipinski definition) is 4. The Kier molecular flexibility index (Phi) is 5.58. The fourth-order valence-electron chi connectivity index (χ4n) is 2.82. The van der Waals surface area contributed by atoms with Crippen LogP contribution in [0.15, 0.2) is 58.4 Å². The van der Waals surface area contributed by atoms with Crippen molar-refractivity contribution in [3.63, 3.8) is 0 Å². The summed E-state index contributed by atoms with van der Waals surface area (Å²) in [5, 5.41) is 5.05. The highest BCUT2D eigenvalue weighted by atomic mass is 16.1. The van der Waals surface area contributed by atoms with Crippen LogP contribution >= 0.6 is 0 Å². The van der Waals surface area contributed by atoms with Crippen molar-refractivity contribution in [2.75, 3.05) is 13.1 Å². The van der Waals surface area contributed by atoms with E-state index in [1.54, 1.807) is 12.3 Å². The van der Waals surface area contributed by atoms with Crippen LogP contribution in [0.4, 0.5) is 0 Å². The van der Waals surface area contributed by atoms with Crippen molar-refractivity contribution in [2.45, 2.75) is 27.3 Å². The molecule has 0 aliphatic carbocycles. The molecule has 0 N–H and O–H groups in total. The molecular weight excluding hydrogens is 324 g/mol. The van der Waals surface area contributed by atoms with E-state index in [2.05, 4.69) is 23.8 Å². The highest BCUT2D eigenvalue weighted by molar-refractivity contribution is 5.80. The molecule has 5 nitrogen and oxygen atoms in total. The maximum absolute atomic E-state index is 13.0. The number of hydrogen-bond donors (Lipinski definition) is 0. The van der Waals surface area contributed by atoms with E-state index in [4.69, 9.17) is 4.98 Å². The van der Waals surface area contributed by atoms with Gasteiger partial charge < -0.3 is 0 Å². The van der Waals surface area contributed by atoms with Crippen molar-refractivity contribution in [1.82, 2.24) is 14.6 Å². The molecule has 5 heteroatoms. The molecule has 26 heavy (non-hydrogen) atoms. The molecule has 0 amide bonds. The summed E-state index contributed by atoms with van der Waals surface area (Å²) in [5.41, 5.74) is 2.71. The van der Waals surface area contributed by atoms with Crippen LogP contribution in [0.3, 0.4) is 0 Å². The van der Waals surface area contributed by atoms with Crippen LogP contribution in [0.2, 0.25) is 0 Å². The molecular formula is C21H24N4O. The average Bonchev–Trinajstić information content (AvgIpc) is 2.67. The molecule has 3 aromatic rings. The van der Waals surface area contributed by atoms with E-state index in [-0.39, 0.29) is 5.56 Å². The SMILES string of the molecule is CCN(CC)Cc1nc2ccccc2c(=O)n1N=Cc1ccc(C)cc1. The highest BCUT2D eigenvalue weighted by Gasteiger charge is 2.12. The first-order valence-corrected chi connectivity index (χ1v) is 8.96. The van der Waals surface area contributed by atoms with E-state index in [1.807, 2.05) is 49.4 Å². The minimum atomic E-state index is -0.138. The third kappa shape index (κ3) is 3.89. The fraction of sp³-hybridized carbons (Fsp3) is 0.286. The standard InChI is InChI=1S/C21H24N4O/c1-4-24(5-2)15-20-23-19-9-7-6-8-18(19)21(26)25(20)22-14-17-12-10-16(3)11-13-17/h6-14H,4-5,15H2,1-3H3. The number of para-hydroxylation sites is 1. The van der Waals surface area contributed by atoms with Crippen LogP contribution in [-0.4, -0.2) is 33.9 Å². The first kappa shape index (κ1) is 18.0. The molecule has 0 fully saturated rings. The van der Waals surface area contributed by atoms with Gasteiger partial charge >= 0.3 is 0 Å². The van der Waals surface area contributed by atoms with Crippen LogP contribution in [0.1, 0.15) is 30.8 Å². The Bertz CT molecular complexity index is 969. The van der Waals surface area contributed by atoms with E-state index in [0.29, 0.717) is 23.3 Å². The van der Waals surface area contributed by atoms with E-state index in [0.717, 1.165) is 18.7 Å². The maximum atomic E-state index is 13.0. The third-order valence-corrected chi connectivity index (χ3v) is 4.48. The molecule has 0 saturated carbocycles. The molecule has 0 atom stereocenters. The van der Waals surface area contributed by atoms with Gasteiger partial charge in [0.25, 0.3) is 5.56 Å². The lowest BCUT2D eigenvalue weighted by Crippen LogP contribution is -2.29. The lowest BCUT2D eigenvalue weighted by molar-refractivity contribution is 0.283. The molecule has 0 bridgehead atoms. The molecule has 2 aromatic carbocycles. The van der Waals surface area contributed by atoms with E-state index in [9.17, 15) is 4.79 Å². The molecule has 3 rings (SSSR count). The molecule has 0 aliphatic rings. The number of benzene rings is 2. The largest absolute Gasteiger partial charge is 0.296 e. The second-order valence-electron chi connectivity index (χ2n) is 6.28. The predicted octanol–water partition coefficient (Wildman–Crippen LogP) is 3.43. The van der Waals surface area contributed by atoms with Crippen LogP contribution in [-0.2, 0) is 6.54 Å². The molecule has 134 valence electrons. The van der Waals surface area contributed by atoms with Gasteiger partial charge in [0.2, 0.25) is 0 Å². The Morgan fingerprint density at radius 2 is 1.77 bits per heavy atom. The maximum Gasteiger partial charge on any atom is 0.282 e. The quantitative estimate of drug-likeness (QED) is 0.641. The molecule has 1 heterocycles. The number of aryl methyl sites for hydroxylation is 1. The molecule has 0 unspecified atom stereocenters. The first-order valence-electron chi connectivity index (χ1n) is 8.96. The van der Waals surface area contributed by atoms with Crippen LogP contribution < -0.4 is 5.56 Å². The van der Waals surface area contributed by atoms with Crippen molar-refractivity contribution >= 4 is 17.1 Å². The minimum absolute atomic E-state index is 0.138. The zero-order chi connectivity index (χ0) is 18.5. The zero-order valence-electron chi connectivity index (χ0n) is 15.5. The Morgan fingerprint density at radius 3 is 2.46 bits per heavy atom. The Hall–Kier alpha value is -2.79. The first-order chi connectivity index (χ1) is 12.6. The summed E-state index contributed by atoms with van der Waals surface area (Å²) in [4.78, 5) is 19.9. The number of aromatic nitrogens is 2. The van der Waals surface area contributed by atoms with Gasteiger partial charge in [0.05, 0.1) is 23.7 Å². The average molecular weight is 348 g/mol. The molecule has 1 aromatic heterocycles. The van der Waals surface area contributed by atoms with Crippen molar-refractivity contribution in [3.05, 3.63) is 75.8 Å². The van der Waals surface area contributed by atoms with Gasteiger partial charge in [0, 0.05) is 0 Å². The molecule has 0 spiro atoms. The van der Waals surface area contributed by atoms with Crippen molar-refractivity contribution < 1.29 is 0 Å². The summed E-state index contributed by atoms with van der Waals surface area (Å²) in [5.74, 6) is 0.653. The Labute approximate surface area is 153 Å². The summed E-state index contributed by atoms with van der Waals surface area (Å²) in [6.45, 7) is 8.60. The lowest BCUT2D eigenvalue weighted by atomic mass is 10.2. The monoisotopic (exact) mass is 348 g/mol. The molecule has 0 aliphatic heterocycles. The van der Waals surface area contributed by atoms with E-state index < -0.39 is 0 Å². The number of fused-ring (bicyclic) bond motifs is 1. The molecule has 0 saturated heterocycles. The second-order valence-corrected chi connectivity index (χ2v) is 6.28. The van der Waals surface area contributed by atoms with Gasteiger partial charge in [-0.3, -0.25) is 9.69 Å². The van der Waals surface area contributed by atoms with Crippen molar-refractivity contribution in [1.29, 1.82) is 0 Å². The summed E-state index contributed by atoms with van der Waals surface area (Å²) in [6.07, 6.45) is 1.71. The number of nitrogens with zero attached hydrogens (tertiary/aromatic N) is 4. The van der Waals surface area contributed by atoms with Gasteiger partial charge in [-0.05, 0) is 37.7 Å². The van der Waals surface area contributed by atoms with Crippen LogP contribution in [0, 0.1) is 6.92 Å². The van der Waals surface area contributed by atoms with Gasteiger partial charge in [-0.25, -0.2) is 4.98 Å². The number of rotatable bonds is 6. The Morgan fingerprint density at radius 1 is 1.08 bits per heavy atom. The van der Waals surface area contributed by atoms with Gasteiger partial charge in [-0.2, -0.15) is 9.78 Å². The van der Waals surface area contributed by atoms with Crippen molar-refractivity contribution in [3.8, 4) is 0 Å². The third-order valence-electron chi connectivity index (χ3n) is 4.48. The summed E-state index contributed by atoms with van der Waals surface area (Å²) < 4.78 is 1.43. The van der Waals surface area contributed by atoms with E-state index >= 15 is 0 Å². The molecule has 0 radical (unpaired) electrons. The van der Waals surface area contributed by atoms with Gasteiger partial charge in [0.1, 0.15) is 5.82 Å². The van der Waals surface area contributed by atoms with E-state index in [1.165, 1.54) is 10.2 Å². The van der Waals surface area contributed by atoms with Crippen molar-refractivity contribution in [2.24, 2.45) is 5.10 Å². The topological polar surface area (TPSA) is 50.5 Å². The summed E-state index contributed by atoms with van der Waals surface area (Å²) in [6, 6.07) is 15.4. The van der Waals surface area contributed by atoms with Gasteiger partial charge in [0.15, 0.2) is 0 Å². The van der Waals surface area contributed by atoms with Crippen LogP contribution in [0.25, 0.3) is 10.9 Å². The fourth-order valence-corrected chi connectivity index (χ4v) is 2.82. The lowest BCUT2D eigenvalue weighted by Gasteiger charge is -2.19. The highest BCUT2D eigenvalue weighted by Crippen LogP contribution is 2.10. The van der Waals surface area contributed by atoms with Gasteiger partial charge in [-0.1, -0.05) is 55.8 Å². The second kappa shape index (κ2) is 8.06. The summed E-state index contributed by atoms with van der Waals surface area (Å²) in [7, 11) is 0. The normalized spacial score (nSPS) is 11.7. The van der Waals surface area contributed by atoms with Gasteiger partial charge in [-0.15, -0.1) is 0 Å². The predicted molar refractivity (Wildman–Crippen MR) is 107 cm³/mol. The zero-order valence-corrected chi connectivity index (χ0v) is 15.5.